The molecule has 0 aromatic heterocycles. The minimum absolute atomic E-state index is 0.000659. The number of rotatable bonds is 5. The van der Waals surface area contributed by atoms with E-state index in [0.717, 1.165) is 19.5 Å². The third-order valence-electron chi connectivity index (χ3n) is 4.84. The third-order valence-corrected chi connectivity index (χ3v) is 4.84. The monoisotopic (exact) mass is 304 g/mol. The highest BCUT2D eigenvalue weighted by molar-refractivity contribution is 5.33. The molecule has 0 aliphatic carbocycles. The van der Waals surface area contributed by atoms with E-state index in [0.29, 0.717) is 0 Å². The maximum Gasteiger partial charge on any atom is 0.0986 e. The number of nitrogens with zero attached hydrogens (tertiary/aromatic N) is 2. The van der Waals surface area contributed by atoms with Gasteiger partial charge in [-0.05, 0) is 43.5 Å². The van der Waals surface area contributed by atoms with Crippen LogP contribution in [0.2, 0.25) is 0 Å². The third kappa shape index (κ3) is 4.00. The first-order valence-electron chi connectivity index (χ1n) is 8.62. The van der Waals surface area contributed by atoms with Crippen molar-refractivity contribution >= 4 is 0 Å². The van der Waals surface area contributed by atoms with Crippen molar-refractivity contribution in [2.24, 2.45) is 0 Å². The van der Waals surface area contributed by atoms with E-state index in [1.165, 1.54) is 30.4 Å². The fourth-order valence-corrected chi connectivity index (χ4v) is 3.57. The molecule has 1 fully saturated rings. The standard InChI is InChI=1S/C21H24N2/c22-17-20(23-14-8-3-9-15-23)16-21(18-10-4-1-5-11-18)19-12-6-2-7-13-19/h1-2,4-7,10-13,20-21H,3,8-9,14-16H2. The van der Waals surface area contributed by atoms with Crippen molar-refractivity contribution in [2.45, 2.75) is 37.6 Å². The molecule has 0 spiro atoms. The Labute approximate surface area is 139 Å². The van der Waals surface area contributed by atoms with E-state index < -0.39 is 0 Å². The Hall–Kier alpha value is -2.11. The molecular weight excluding hydrogens is 280 g/mol. The van der Waals surface area contributed by atoms with Crippen molar-refractivity contribution in [3.63, 3.8) is 0 Å². The highest BCUT2D eigenvalue weighted by Crippen LogP contribution is 2.31. The van der Waals surface area contributed by atoms with Crippen molar-refractivity contribution in [1.29, 1.82) is 5.26 Å². The topological polar surface area (TPSA) is 27.0 Å². The molecule has 0 saturated carbocycles. The summed E-state index contributed by atoms with van der Waals surface area (Å²) in [5.41, 5.74) is 2.60. The Morgan fingerprint density at radius 2 is 1.35 bits per heavy atom. The van der Waals surface area contributed by atoms with Gasteiger partial charge in [0.2, 0.25) is 0 Å². The zero-order valence-corrected chi connectivity index (χ0v) is 13.6. The number of likely N-dealkylation sites (tertiary alicyclic amines) is 1. The second kappa shape index (κ2) is 7.94. The second-order valence-electron chi connectivity index (χ2n) is 6.35. The van der Waals surface area contributed by atoms with E-state index in [-0.39, 0.29) is 12.0 Å². The normalized spacial score (nSPS) is 16.9. The van der Waals surface area contributed by atoms with Gasteiger partial charge in [-0.2, -0.15) is 5.26 Å². The van der Waals surface area contributed by atoms with E-state index in [1.807, 2.05) is 0 Å². The van der Waals surface area contributed by atoms with Gasteiger partial charge in [0, 0.05) is 5.92 Å². The molecule has 2 aromatic rings. The lowest BCUT2D eigenvalue weighted by Crippen LogP contribution is -2.39. The Bertz CT molecular complexity index is 584. The van der Waals surface area contributed by atoms with Crippen molar-refractivity contribution in [2.75, 3.05) is 13.1 Å². The summed E-state index contributed by atoms with van der Waals surface area (Å²) in [7, 11) is 0. The number of piperidine rings is 1. The van der Waals surface area contributed by atoms with Crippen LogP contribution < -0.4 is 0 Å². The summed E-state index contributed by atoms with van der Waals surface area (Å²) in [6.45, 7) is 2.13. The zero-order valence-electron chi connectivity index (χ0n) is 13.6. The molecule has 0 amide bonds. The highest BCUT2D eigenvalue weighted by atomic mass is 15.2. The van der Waals surface area contributed by atoms with Crippen molar-refractivity contribution in [3.05, 3.63) is 71.8 Å². The summed E-state index contributed by atoms with van der Waals surface area (Å²) in [6, 6.07) is 23.8. The summed E-state index contributed by atoms with van der Waals surface area (Å²) in [5.74, 6) is 0.281. The van der Waals surface area contributed by atoms with Gasteiger partial charge in [0.15, 0.2) is 0 Å². The Morgan fingerprint density at radius 3 is 1.83 bits per heavy atom. The van der Waals surface area contributed by atoms with Gasteiger partial charge in [-0.3, -0.25) is 4.90 Å². The Morgan fingerprint density at radius 1 is 0.826 bits per heavy atom. The maximum absolute atomic E-state index is 9.73. The summed E-state index contributed by atoms with van der Waals surface area (Å²) in [4.78, 5) is 2.38. The number of benzene rings is 2. The number of nitriles is 1. The second-order valence-corrected chi connectivity index (χ2v) is 6.35. The van der Waals surface area contributed by atoms with Crippen LogP contribution in [-0.4, -0.2) is 24.0 Å². The van der Waals surface area contributed by atoms with Gasteiger partial charge in [0.25, 0.3) is 0 Å². The van der Waals surface area contributed by atoms with Crippen molar-refractivity contribution < 1.29 is 0 Å². The highest BCUT2D eigenvalue weighted by Gasteiger charge is 2.25. The molecule has 1 unspecified atom stereocenters. The van der Waals surface area contributed by atoms with Crippen LogP contribution in [0.4, 0.5) is 0 Å². The van der Waals surface area contributed by atoms with Gasteiger partial charge < -0.3 is 0 Å². The fourth-order valence-electron chi connectivity index (χ4n) is 3.57. The summed E-state index contributed by atoms with van der Waals surface area (Å²) < 4.78 is 0. The first-order chi connectivity index (χ1) is 11.4. The molecule has 2 nitrogen and oxygen atoms in total. The molecule has 23 heavy (non-hydrogen) atoms. The van der Waals surface area contributed by atoms with Crippen molar-refractivity contribution in [3.8, 4) is 6.07 Å². The van der Waals surface area contributed by atoms with Crippen LogP contribution in [0.5, 0.6) is 0 Å². The molecule has 1 aliphatic heterocycles. The first kappa shape index (κ1) is 15.8. The molecule has 2 heteroatoms. The van der Waals surface area contributed by atoms with Gasteiger partial charge in [-0.25, -0.2) is 0 Å². The van der Waals surface area contributed by atoms with Crippen LogP contribution in [0.15, 0.2) is 60.7 Å². The van der Waals surface area contributed by atoms with E-state index >= 15 is 0 Å². The van der Waals surface area contributed by atoms with E-state index in [2.05, 4.69) is 71.6 Å². The average Bonchev–Trinajstić information content (AvgIpc) is 2.65. The molecular formula is C21H24N2. The van der Waals surface area contributed by atoms with Gasteiger partial charge in [-0.15, -0.1) is 0 Å². The van der Waals surface area contributed by atoms with Crippen LogP contribution in [-0.2, 0) is 0 Å². The largest absolute Gasteiger partial charge is 0.288 e. The minimum atomic E-state index is 0.000659. The molecule has 118 valence electrons. The molecule has 0 N–H and O–H groups in total. The lowest BCUT2D eigenvalue weighted by molar-refractivity contribution is 0.184. The van der Waals surface area contributed by atoms with Gasteiger partial charge in [-0.1, -0.05) is 67.1 Å². The predicted octanol–water partition coefficient (Wildman–Crippen LogP) is 4.59. The van der Waals surface area contributed by atoms with Gasteiger partial charge in [0.05, 0.1) is 12.1 Å². The Kier molecular flexibility index (Phi) is 5.45. The maximum atomic E-state index is 9.73. The van der Waals surface area contributed by atoms with E-state index in [4.69, 9.17) is 0 Å². The van der Waals surface area contributed by atoms with Crippen LogP contribution in [0, 0.1) is 11.3 Å². The smallest absolute Gasteiger partial charge is 0.0986 e. The summed E-state index contributed by atoms with van der Waals surface area (Å²) in [6.07, 6.45) is 4.61. The van der Waals surface area contributed by atoms with Gasteiger partial charge >= 0.3 is 0 Å². The van der Waals surface area contributed by atoms with Crippen LogP contribution in [0.1, 0.15) is 42.7 Å². The molecule has 1 heterocycles. The molecule has 1 saturated heterocycles. The molecule has 0 radical (unpaired) electrons. The lowest BCUT2D eigenvalue weighted by atomic mass is 9.85. The number of hydrogen-bond acceptors (Lipinski definition) is 2. The van der Waals surface area contributed by atoms with Gasteiger partial charge in [0.1, 0.15) is 0 Å². The minimum Gasteiger partial charge on any atom is -0.288 e. The molecule has 1 atom stereocenters. The van der Waals surface area contributed by atoms with Crippen LogP contribution >= 0.6 is 0 Å². The lowest BCUT2D eigenvalue weighted by Gasteiger charge is -2.32. The predicted molar refractivity (Wildman–Crippen MR) is 94.2 cm³/mol. The van der Waals surface area contributed by atoms with Crippen molar-refractivity contribution in [1.82, 2.24) is 4.90 Å². The quantitative estimate of drug-likeness (QED) is 0.808. The average molecular weight is 304 g/mol. The van der Waals surface area contributed by atoms with E-state index in [1.54, 1.807) is 0 Å². The Balaban J connectivity index is 1.85. The molecule has 0 bridgehead atoms. The molecule has 2 aromatic carbocycles. The molecule has 3 rings (SSSR count). The SMILES string of the molecule is N#CC(CC(c1ccccc1)c1ccccc1)N1CCCCC1. The van der Waals surface area contributed by atoms with Crippen LogP contribution in [0.25, 0.3) is 0 Å². The first-order valence-corrected chi connectivity index (χ1v) is 8.62. The fraction of sp³-hybridized carbons (Fsp3) is 0.381. The zero-order chi connectivity index (χ0) is 15.9. The number of hydrogen-bond donors (Lipinski definition) is 0. The molecule has 1 aliphatic rings. The van der Waals surface area contributed by atoms with Crippen LogP contribution in [0.3, 0.4) is 0 Å². The summed E-state index contributed by atoms with van der Waals surface area (Å²) in [5, 5.41) is 9.73. The van der Waals surface area contributed by atoms with E-state index in [9.17, 15) is 5.26 Å². The summed E-state index contributed by atoms with van der Waals surface area (Å²) >= 11 is 0.